The third kappa shape index (κ3) is 2.49. The van der Waals surface area contributed by atoms with E-state index in [0.717, 1.165) is 6.54 Å². The lowest BCUT2D eigenvalue weighted by atomic mass is 10.3. The van der Waals surface area contributed by atoms with E-state index in [-0.39, 0.29) is 0 Å². The maximum Gasteiger partial charge on any atom is 0.106 e. The summed E-state index contributed by atoms with van der Waals surface area (Å²) in [4.78, 5) is 6.60. The second-order valence-electron chi connectivity index (χ2n) is 3.55. The molecule has 0 aliphatic carbocycles. The normalized spacial score (nSPS) is 23.9. The number of hydrogen-bond donors (Lipinski definition) is 1. The molecule has 1 aromatic rings. The van der Waals surface area contributed by atoms with Crippen LogP contribution in [0.25, 0.3) is 0 Å². The van der Waals surface area contributed by atoms with Crippen LogP contribution in [0.3, 0.4) is 0 Å². The Morgan fingerprint density at radius 1 is 1.77 bits per heavy atom. The topological polar surface area (TPSA) is 28.2 Å². The number of nitrogens with zero attached hydrogens (tertiary/aromatic N) is 2. The fraction of sp³-hybridized carbons (Fsp3) is 0.667. The lowest BCUT2D eigenvalue weighted by molar-refractivity contribution is 0.397. The van der Waals surface area contributed by atoms with E-state index in [1.54, 1.807) is 11.3 Å². The third-order valence-electron chi connectivity index (χ3n) is 2.42. The van der Waals surface area contributed by atoms with Gasteiger partial charge in [-0.15, -0.1) is 11.3 Å². The van der Waals surface area contributed by atoms with Crippen molar-refractivity contribution in [3.63, 3.8) is 0 Å². The van der Waals surface area contributed by atoms with Gasteiger partial charge in [0.25, 0.3) is 0 Å². The number of rotatable bonds is 3. The van der Waals surface area contributed by atoms with E-state index in [1.807, 2.05) is 11.6 Å². The molecular formula is C9H15N3S. The van der Waals surface area contributed by atoms with Gasteiger partial charge < -0.3 is 10.2 Å². The van der Waals surface area contributed by atoms with Gasteiger partial charge in [-0.2, -0.15) is 0 Å². The summed E-state index contributed by atoms with van der Waals surface area (Å²) in [5.41, 5.74) is 0. The molecule has 1 atom stereocenters. The zero-order valence-electron chi connectivity index (χ0n) is 7.86. The minimum atomic E-state index is 0.661. The molecule has 2 rings (SSSR count). The Labute approximate surface area is 82.8 Å². The molecule has 0 radical (unpaired) electrons. The van der Waals surface area contributed by atoms with Gasteiger partial charge in [-0.25, -0.2) is 4.98 Å². The summed E-state index contributed by atoms with van der Waals surface area (Å²) >= 11 is 1.72. The van der Waals surface area contributed by atoms with Gasteiger partial charge in [0.05, 0.1) is 0 Å². The van der Waals surface area contributed by atoms with Crippen molar-refractivity contribution >= 4 is 11.3 Å². The molecular weight excluding hydrogens is 182 g/mol. The smallest absolute Gasteiger partial charge is 0.106 e. The predicted octanol–water partition coefficient (Wildman–Crippen LogP) is 0.937. The van der Waals surface area contributed by atoms with Crippen LogP contribution in [0.2, 0.25) is 0 Å². The van der Waals surface area contributed by atoms with Gasteiger partial charge in [0.1, 0.15) is 5.01 Å². The first kappa shape index (κ1) is 9.12. The number of thiazole rings is 1. The number of likely N-dealkylation sites (N-methyl/N-ethyl adjacent to an activating group) is 1. The molecule has 4 heteroatoms. The van der Waals surface area contributed by atoms with Crippen molar-refractivity contribution < 1.29 is 0 Å². The van der Waals surface area contributed by atoms with Crippen molar-refractivity contribution in [3.8, 4) is 0 Å². The molecule has 72 valence electrons. The number of aromatic nitrogens is 1. The summed E-state index contributed by atoms with van der Waals surface area (Å²) in [6.07, 6.45) is 3.13. The first-order chi connectivity index (χ1) is 6.34. The molecule has 0 spiro atoms. The minimum absolute atomic E-state index is 0.661. The quantitative estimate of drug-likeness (QED) is 0.781. The Morgan fingerprint density at radius 2 is 2.69 bits per heavy atom. The van der Waals surface area contributed by atoms with Crippen molar-refractivity contribution in [1.82, 2.24) is 15.2 Å². The maximum absolute atomic E-state index is 4.24. The van der Waals surface area contributed by atoms with E-state index in [9.17, 15) is 0 Å². The molecule has 1 fully saturated rings. The zero-order chi connectivity index (χ0) is 9.10. The van der Waals surface area contributed by atoms with Gasteiger partial charge >= 0.3 is 0 Å². The van der Waals surface area contributed by atoms with Crippen LogP contribution < -0.4 is 5.32 Å². The monoisotopic (exact) mass is 197 g/mol. The van der Waals surface area contributed by atoms with Crippen LogP contribution in [0, 0.1) is 0 Å². The average Bonchev–Trinajstić information content (AvgIpc) is 2.71. The van der Waals surface area contributed by atoms with Crippen LogP contribution in [-0.2, 0) is 6.54 Å². The van der Waals surface area contributed by atoms with Crippen molar-refractivity contribution in [1.29, 1.82) is 0 Å². The predicted molar refractivity (Wildman–Crippen MR) is 54.9 cm³/mol. The highest BCUT2D eigenvalue weighted by Gasteiger charge is 2.18. The third-order valence-corrected chi connectivity index (χ3v) is 3.20. The molecule has 2 heterocycles. The van der Waals surface area contributed by atoms with Crippen LogP contribution in [0.15, 0.2) is 11.6 Å². The van der Waals surface area contributed by atoms with Crippen LogP contribution in [0.4, 0.5) is 0 Å². The Balaban J connectivity index is 1.74. The van der Waals surface area contributed by atoms with E-state index < -0.39 is 0 Å². The fourth-order valence-corrected chi connectivity index (χ4v) is 2.24. The lowest BCUT2D eigenvalue weighted by Crippen LogP contribution is -2.30. The summed E-state index contributed by atoms with van der Waals surface area (Å²) in [6.45, 7) is 3.32. The van der Waals surface area contributed by atoms with E-state index in [1.165, 1.54) is 24.5 Å². The Kier molecular flexibility index (Phi) is 2.93. The maximum atomic E-state index is 4.24. The molecule has 1 aromatic heterocycles. The molecule has 0 aromatic carbocycles. The van der Waals surface area contributed by atoms with E-state index in [2.05, 4.69) is 22.2 Å². The Hall–Kier alpha value is -0.450. The van der Waals surface area contributed by atoms with E-state index in [0.29, 0.717) is 6.04 Å². The van der Waals surface area contributed by atoms with Gasteiger partial charge in [0.2, 0.25) is 0 Å². The standard InChI is InChI=1S/C9H15N3S/c1-12-4-2-8(7-12)11-6-9-10-3-5-13-9/h3,5,8,11H,2,4,6-7H2,1H3. The van der Waals surface area contributed by atoms with Gasteiger partial charge in [0.15, 0.2) is 0 Å². The van der Waals surface area contributed by atoms with Crippen LogP contribution in [0.5, 0.6) is 0 Å². The van der Waals surface area contributed by atoms with Gasteiger partial charge in [-0.05, 0) is 20.0 Å². The lowest BCUT2D eigenvalue weighted by Gasteiger charge is -2.10. The molecule has 1 saturated heterocycles. The van der Waals surface area contributed by atoms with Crippen LogP contribution >= 0.6 is 11.3 Å². The number of likely N-dealkylation sites (tertiary alicyclic amines) is 1. The minimum Gasteiger partial charge on any atom is -0.306 e. The van der Waals surface area contributed by atoms with E-state index in [4.69, 9.17) is 0 Å². The highest BCUT2D eigenvalue weighted by atomic mass is 32.1. The highest BCUT2D eigenvalue weighted by Crippen LogP contribution is 2.08. The molecule has 1 N–H and O–H groups in total. The van der Waals surface area contributed by atoms with Gasteiger partial charge in [-0.3, -0.25) is 0 Å². The number of hydrogen-bond acceptors (Lipinski definition) is 4. The molecule has 0 amide bonds. The Bertz CT molecular complexity index is 247. The second-order valence-corrected chi connectivity index (χ2v) is 4.53. The van der Waals surface area contributed by atoms with E-state index >= 15 is 0 Å². The van der Waals surface area contributed by atoms with Crippen molar-refractivity contribution in [2.45, 2.75) is 19.0 Å². The molecule has 13 heavy (non-hydrogen) atoms. The summed E-state index contributed by atoms with van der Waals surface area (Å²) in [5.74, 6) is 0. The largest absolute Gasteiger partial charge is 0.306 e. The highest BCUT2D eigenvalue weighted by molar-refractivity contribution is 7.09. The average molecular weight is 197 g/mol. The number of nitrogens with one attached hydrogen (secondary N) is 1. The van der Waals surface area contributed by atoms with Crippen LogP contribution in [-0.4, -0.2) is 36.1 Å². The first-order valence-corrected chi connectivity index (χ1v) is 5.53. The van der Waals surface area contributed by atoms with Gasteiger partial charge in [0, 0.05) is 30.7 Å². The van der Waals surface area contributed by atoms with Crippen LogP contribution in [0.1, 0.15) is 11.4 Å². The first-order valence-electron chi connectivity index (χ1n) is 4.65. The molecule has 3 nitrogen and oxygen atoms in total. The summed E-state index contributed by atoms with van der Waals surface area (Å²) in [5, 5.41) is 6.74. The molecule has 0 saturated carbocycles. The molecule has 1 unspecified atom stereocenters. The van der Waals surface area contributed by atoms with Crippen molar-refractivity contribution in [2.24, 2.45) is 0 Å². The van der Waals surface area contributed by atoms with Crippen molar-refractivity contribution in [2.75, 3.05) is 20.1 Å². The molecule has 1 aliphatic heterocycles. The summed E-state index contributed by atoms with van der Waals surface area (Å²) < 4.78 is 0. The summed E-state index contributed by atoms with van der Waals surface area (Å²) in [7, 11) is 2.17. The molecule has 0 bridgehead atoms. The van der Waals surface area contributed by atoms with Crippen molar-refractivity contribution in [3.05, 3.63) is 16.6 Å². The molecule has 1 aliphatic rings. The second kappa shape index (κ2) is 4.17. The SMILES string of the molecule is CN1CCC(NCc2nccs2)C1. The fourth-order valence-electron chi connectivity index (χ4n) is 1.67. The zero-order valence-corrected chi connectivity index (χ0v) is 8.68. The Morgan fingerprint density at radius 3 is 3.31 bits per heavy atom. The summed E-state index contributed by atoms with van der Waals surface area (Å²) in [6, 6.07) is 0.661. The van der Waals surface area contributed by atoms with Gasteiger partial charge in [-0.1, -0.05) is 0 Å².